The van der Waals surface area contributed by atoms with Crippen molar-refractivity contribution < 1.29 is 17.9 Å². The summed E-state index contributed by atoms with van der Waals surface area (Å²) in [5.74, 6) is -1.17. The number of methoxy groups -OCH3 is 1. The van der Waals surface area contributed by atoms with E-state index in [0.717, 1.165) is 7.11 Å². The minimum atomic E-state index is -3.68. The van der Waals surface area contributed by atoms with Crippen LogP contribution in [0.2, 0.25) is 0 Å². The third-order valence-electron chi connectivity index (χ3n) is 1.46. The van der Waals surface area contributed by atoms with Gasteiger partial charge in [-0.1, -0.05) is 0 Å². The molecule has 0 fully saturated rings. The van der Waals surface area contributed by atoms with E-state index in [1.807, 2.05) is 0 Å². The molecule has 0 bridgehead atoms. The molecule has 0 unspecified atom stereocenters. The van der Waals surface area contributed by atoms with E-state index >= 15 is 0 Å². The first-order chi connectivity index (χ1) is 7.03. The molecule has 9 heteroatoms. The zero-order valence-corrected chi connectivity index (χ0v) is 8.74. The van der Waals surface area contributed by atoms with Gasteiger partial charge in [-0.05, 0) is 0 Å². The molecule has 1 rings (SSSR count). The van der Waals surface area contributed by atoms with Gasteiger partial charge in [0.25, 0.3) is 0 Å². The molecular formula is C6H10N4O4S. The number of nitrogens with zero attached hydrogens (tertiary/aromatic N) is 2. The van der Waals surface area contributed by atoms with Crippen molar-refractivity contribution >= 4 is 16.0 Å². The molecule has 0 aliphatic heterocycles. The maximum absolute atomic E-state index is 11.2. The monoisotopic (exact) mass is 234 g/mol. The Labute approximate surface area is 86.1 Å². The Hall–Kier alpha value is -1.48. The smallest absolute Gasteiger partial charge is 0.322 e. The van der Waals surface area contributed by atoms with Crippen molar-refractivity contribution in [3.05, 3.63) is 12.2 Å². The van der Waals surface area contributed by atoms with Crippen LogP contribution >= 0.6 is 0 Å². The first-order valence-electron chi connectivity index (χ1n) is 3.92. The molecule has 0 aliphatic rings. The fourth-order valence-corrected chi connectivity index (χ4v) is 1.65. The maximum Gasteiger partial charge on any atom is 0.322 e. The molecule has 0 amide bonds. The molecule has 1 aromatic rings. The minimum absolute atomic E-state index is 0.0423. The van der Waals surface area contributed by atoms with Gasteiger partial charge in [0, 0.05) is 0 Å². The Balaban J connectivity index is 2.47. The van der Waals surface area contributed by atoms with Crippen molar-refractivity contribution in [3.63, 3.8) is 0 Å². The lowest BCUT2D eigenvalue weighted by Gasteiger charge is -2.03. The van der Waals surface area contributed by atoms with Crippen LogP contribution in [0.3, 0.4) is 0 Å². The van der Waals surface area contributed by atoms with Crippen LogP contribution in [0.25, 0.3) is 0 Å². The van der Waals surface area contributed by atoms with E-state index in [0.29, 0.717) is 5.82 Å². The van der Waals surface area contributed by atoms with Gasteiger partial charge in [-0.25, -0.2) is 18.1 Å². The van der Waals surface area contributed by atoms with Crippen molar-refractivity contribution in [2.24, 2.45) is 0 Å². The summed E-state index contributed by atoms with van der Waals surface area (Å²) in [5, 5.41) is 6.01. The van der Waals surface area contributed by atoms with Crippen LogP contribution in [0.1, 0.15) is 5.82 Å². The number of H-pyrrole nitrogens is 1. The minimum Gasteiger partial charge on any atom is -0.468 e. The number of aromatic nitrogens is 3. The van der Waals surface area contributed by atoms with E-state index in [2.05, 4.69) is 24.6 Å². The van der Waals surface area contributed by atoms with Crippen LogP contribution in [-0.2, 0) is 26.1 Å². The van der Waals surface area contributed by atoms with Crippen molar-refractivity contribution in [1.29, 1.82) is 0 Å². The van der Waals surface area contributed by atoms with E-state index in [1.54, 1.807) is 0 Å². The molecule has 0 aliphatic carbocycles. The summed E-state index contributed by atoms with van der Waals surface area (Å²) in [5.41, 5.74) is 0. The summed E-state index contributed by atoms with van der Waals surface area (Å²) in [6.45, 7) is -0.0423. The van der Waals surface area contributed by atoms with E-state index in [9.17, 15) is 13.2 Å². The van der Waals surface area contributed by atoms with E-state index in [4.69, 9.17) is 0 Å². The Morgan fingerprint density at radius 1 is 1.67 bits per heavy atom. The fraction of sp³-hybridized carbons (Fsp3) is 0.500. The normalized spacial score (nSPS) is 11.3. The highest BCUT2D eigenvalue weighted by Crippen LogP contribution is 1.90. The highest BCUT2D eigenvalue weighted by atomic mass is 32.2. The predicted molar refractivity (Wildman–Crippen MR) is 49.0 cm³/mol. The van der Waals surface area contributed by atoms with Gasteiger partial charge in [-0.15, -0.1) is 0 Å². The number of aromatic amines is 1. The first-order valence-corrected chi connectivity index (χ1v) is 5.57. The highest BCUT2D eigenvalue weighted by Gasteiger charge is 2.16. The Morgan fingerprint density at radius 3 is 2.93 bits per heavy atom. The van der Waals surface area contributed by atoms with Crippen molar-refractivity contribution in [1.82, 2.24) is 19.9 Å². The van der Waals surface area contributed by atoms with Crippen LogP contribution in [0.15, 0.2) is 6.33 Å². The largest absolute Gasteiger partial charge is 0.468 e. The van der Waals surface area contributed by atoms with Gasteiger partial charge >= 0.3 is 5.97 Å². The number of nitrogens with one attached hydrogen (secondary N) is 2. The summed E-state index contributed by atoms with van der Waals surface area (Å²) in [7, 11) is -2.56. The van der Waals surface area contributed by atoms with E-state index in [-0.39, 0.29) is 6.54 Å². The summed E-state index contributed by atoms with van der Waals surface area (Å²) in [4.78, 5) is 14.4. The zero-order valence-electron chi connectivity index (χ0n) is 7.93. The number of hydrogen-bond donors (Lipinski definition) is 2. The first kappa shape index (κ1) is 11.6. The topological polar surface area (TPSA) is 114 Å². The van der Waals surface area contributed by atoms with Gasteiger partial charge in [0.15, 0.2) is 5.75 Å². The molecule has 1 aromatic heterocycles. The van der Waals surface area contributed by atoms with E-state index in [1.165, 1.54) is 6.33 Å². The third kappa shape index (κ3) is 4.04. The van der Waals surface area contributed by atoms with Crippen molar-refractivity contribution in [3.8, 4) is 0 Å². The number of ether oxygens (including phenoxy) is 1. The molecule has 1 heterocycles. The van der Waals surface area contributed by atoms with Crippen LogP contribution in [0.5, 0.6) is 0 Å². The second-order valence-electron chi connectivity index (χ2n) is 2.59. The number of hydrogen-bond acceptors (Lipinski definition) is 6. The molecule has 0 saturated heterocycles. The standard InChI is InChI=1S/C6H10N4O4S/c1-14-6(11)3-15(12,13)9-2-5-7-4-8-10-5/h4,9H,2-3H2,1H3,(H,7,8,10). The summed E-state index contributed by atoms with van der Waals surface area (Å²) >= 11 is 0. The Kier molecular flexibility index (Phi) is 3.74. The van der Waals surface area contributed by atoms with Gasteiger partial charge in [0.1, 0.15) is 12.2 Å². The Morgan fingerprint density at radius 2 is 2.40 bits per heavy atom. The number of esters is 1. The van der Waals surface area contributed by atoms with Crippen molar-refractivity contribution in [2.75, 3.05) is 12.9 Å². The summed E-state index contributed by atoms with van der Waals surface area (Å²) in [6, 6.07) is 0. The second-order valence-corrected chi connectivity index (χ2v) is 4.40. The highest BCUT2D eigenvalue weighted by molar-refractivity contribution is 7.90. The number of carbonyl (C=O) groups excluding carboxylic acids is 1. The van der Waals surface area contributed by atoms with Crippen LogP contribution in [-0.4, -0.2) is 42.4 Å². The van der Waals surface area contributed by atoms with Gasteiger partial charge in [-0.3, -0.25) is 9.89 Å². The molecule has 15 heavy (non-hydrogen) atoms. The average molecular weight is 234 g/mol. The number of carbonyl (C=O) groups is 1. The lowest BCUT2D eigenvalue weighted by molar-refractivity contribution is -0.137. The molecule has 2 N–H and O–H groups in total. The summed E-state index contributed by atoms with van der Waals surface area (Å²) < 4.78 is 28.8. The van der Waals surface area contributed by atoms with Crippen LogP contribution in [0, 0.1) is 0 Å². The third-order valence-corrected chi connectivity index (χ3v) is 2.66. The number of sulfonamides is 1. The fourth-order valence-electron chi connectivity index (χ4n) is 0.759. The molecule has 8 nitrogen and oxygen atoms in total. The SMILES string of the molecule is COC(=O)CS(=O)(=O)NCc1ncn[nH]1. The lowest BCUT2D eigenvalue weighted by Crippen LogP contribution is -2.30. The predicted octanol–water partition coefficient (Wildman–Crippen LogP) is -1.60. The zero-order chi connectivity index (χ0) is 11.3. The molecule has 0 radical (unpaired) electrons. The number of rotatable bonds is 5. The average Bonchev–Trinajstić information content (AvgIpc) is 2.66. The molecule has 0 aromatic carbocycles. The molecule has 0 saturated carbocycles. The van der Waals surface area contributed by atoms with Gasteiger partial charge in [-0.2, -0.15) is 5.10 Å². The van der Waals surface area contributed by atoms with Gasteiger partial charge in [0.05, 0.1) is 13.7 Å². The van der Waals surface area contributed by atoms with Crippen LogP contribution < -0.4 is 4.72 Å². The lowest BCUT2D eigenvalue weighted by atomic mass is 10.6. The molecule has 0 atom stereocenters. The molecule has 84 valence electrons. The quantitative estimate of drug-likeness (QED) is 0.593. The van der Waals surface area contributed by atoms with Crippen LogP contribution in [0.4, 0.5) is 0 Å². The van der Waals surface area contributed by atoms with Crippen molar-refractivity contribution in [2.45, 2.75) is 6.54 Å². The maximum atomic E-state index is 11.2. The second kappa shape index (κ2) is 4.84. The molecule has 0 spiro atoms. The summed E-state index contributed by atoms with van der Waals surface area (Å²) in [6.07, 6.45) is 1.25. The Bertz CT molecular complexity index is 412. The van der Waals surface area contributed by atoms with Gasteiger partial charge < -0.3 is 4.74 Å². The molecular weight excluding hydrogens is 224 g/mol. The van der Waals surface area contributed by atoms with Gasteiger partial charge in [0.2, 0.25) is 10.0 Å². The van der Waals surface area contributed by atoms with E-state index < -0.39 is 21.7 Å².